The van der Waals surface area contributed by atoms with Crippen LogP contribution in [0.1, 0.15) is 5.56 Å². The first-order valence-corrected chi connectivity index (χ1v) is 6.63. The van der Waals surface area contributed by atoms with Crippen molar-refractivity contribution in [2.24, 2.45) is 0 Å². The molecule has 0 radical (unpaired) electrons. The zero-order valence-corrected chi connectivity index (χ0v) is 12.2. The van der Waals surface area contributed by atoms with Crippen molar-refractivity contribution in [2.45, 2.75) is 6.18 Å². The van der Waals surface area contributed by atoms with Crippen LogP contribution in [0.15, 0.2) is 48.5 Å². The quantitative estimate of drug-likeness (QED) is 0.911. The van der Waals surface area contributed by atoms with Gasteiger partial charge in [-0.15, -0.1) is 0 Å². The van der Waals surface area contributed by atoms with E-state index in [9.17, 15) is 18.0 Å². The number of hydrogen-bond acceptors (Lipinski definition) is 3. The normalized spacial score (nSPS) is 11.0. The Morgan fingerprint density at radius 1 is 1.04 bits per heavy atom. The van der Waals surface area contributed by atoms with Crippen molar-refractivity contribution in [2.75, 3.05) is 19.0 Å². The number of rotatable bonds is 5. The number of benzene rings is 2. The van der Waals surface area contributed by atoms with Gasteiger partial charge in [0, 0.05) is 0 Å². The van der Waals surface area contributed by atoms with Crippen LogP contribution in [0.2, 0.25) is 0 Å². The second-order valence-electron chi connectivity index (χ2n) is 4.56. The van der Waals surface area contributed by atoms with E-state index in [-0.39, 0.29) is 5.69 Å². The van der Waals surface area contributed by atoms with Gasteiger partial charge in [0.1, 0.15) is 11.5 Å². The Hall–Kier alpha value is -2.70. The molecule has 0 spiro atoms. The van der Waals surface area contributed by atoms with Gasteiger partial charge in [0.15, 0.2) is 6.61 Å². The van der Waals surface area contributed by atoms with Crippen molar-refractivity contribution in [3.63, 3.8) is 0 Å². The molecule has 0 bridgehead atoms. The smallest absolute Gasteiger partial charge is 0.418 e. The minimum absolute atomic E-state index is 0.302. The van der Waals surface area contributed by atoms with Crippen LogP contribution in [0, 0.1) is 0 Å². The van der Waals surface area contributed by atoms with Gasteiger partial charge in [-0.2, -0.15) is 13.2 Å². The van der Waals surface area contributed by atoms with E-state index in [0.717, 1.165) is 6.07 Å². The third-order valence-electron chi connectivity index (χ3n) is 2.94. The molecule has 122 valence electrons. The lowest BCUT2D eigenvalue weighted by Crippen LogP contribution is -2.22. The molecular weight excluding hydrogens is 311 g/mol. The molecule has 2 aromatic carbocycles. The first-order valence-electron chi connectivity index (χ1n) is 6.63. The van der Waals surface area contributed by atoms with Gasteiger partial charge in [0.05, 0.1) is 18.4 Å². The zero-order valence-electron chi connectivity index (χ0n) is 12.2. The molecule has 0 aromatic heterocycles. The van der Waals surface area contributed by atoms with Crippen molar-refractivity contribution >= 4 is 11.6 Å². The molecule has 0 unspecified atom stereocenters. The van der Waals surface area contributed by atoms with Crippen LogP contribution in [0.25, 0.3) is 0 Å². The van der Waals surface area contributed by atoms with Crippen LogP contribution in [-0.4, -0.2) is 19.6 Å². The highest BCUT2D eigenvalue weighted by atomic mass is 19.4. The molecular formula is C16H14F3NO3. The van der Waals surface area contributed by atoms with E-state index in [1.54, 1.807) is 24.3 Å². The molecule has 0 fully saturated rings. The van der Waals surface area contributed by atoms with Gasteiger partial charge in [-0.1, -0.05) is 12.1 Å². The van der Waals surface area contributed by atoms with Crippen molar-refractivity contribution in [3.8, 4) is 11.5 Å². The van der Waals surface area contributed by atoms with Crippen LogP contribution in [0.5, 0.6) is 11.5 Å². The third-order valence-corrected chi connectivity index (χ3v) is 2.94. The summed E-state index contributed by atoms with van der Waals surface area (Å²) < 4.78 is 48.7. The molecule has 0 saturated heterocycles. The summed E-state index contributed by atoms with van der Waals surface area (Å²) in [4.78, 5) is 11.8. The molecule has 2 aromatic rings. The van der Waals surface area contributed by atoms with Crippen LogP contribution in [-0.2, 0) is 11.0 Å². The van der Waals surface area contributed by atoms with E-state index >= 15 is 0 Å². The van der Waals surface area contributed by atoms with Gasteiger partial charge in [0.2, 0.25) is 0 Å². The minimum Gasteiger partial charge on any atom is -0.497 e. The fraction of sp³-hybridized carbons (Fsp3) is 0.188. The zero-order chi connectivity index (χ0) is 16.9. The molecule has 2 rings (SSSR count). The van der Waals surface area contributed by atoms with E-state index < -0.39 is 24.3 Å². The van der Waals surface area contributed by atoms with Gasteiger partial charge in [-0.3, -0.25) is 4.79 Å². The SMILES string of the molecule is COc1ccc(OCC(=O)Nc2ccccc2C(F)(F)F)cc1. The predicted octanol–water partition coefficient (Wildman–Crippen LogP) is 3.73. The van der Waals surface area contributed by atoms with Crippen LogP contribution in [0.4, 0.5) is 18.9 Å². The summed E-state index contributed by atoms with van der Waals surface area (Å²) in [6.45, 7) is -0.404. The van der Waals surface area contributed by atoms with Gasteiger partial charge < -0.3 is 14.8 Å². The number of nitrogens with one attached hydrogen (secondary N) is 1. The minimum atomic E-state index is -4.54. The lowest BCUT2D eigenvalue weighted by molar-refractivity contribution is -0.137. The molecule has 0 aliphatic rings. The number of halogens is 3. The van der Waals surface area contributed by atoms with Crippen LogP contribution < -0.4 is 14.8 Å². The summed E-state index contributed by atoms with van der Waals surface area (Å²) in [5.41, 5.74) is -1.21. The fourth-order valence-electron chi connectivity index (χ4n) is 1.85. The average Bonchev–Trinajstić information content (AvgIpc) is 2.53. The molecule has 0 atom stereocenters. The molecule has 0 aliphatic carbocycles. The van der Waals surface area contributed by atoms with E-state index in [1.165, 1.54) is 25.3 Å². The number of carbonyl (C=O) groups excluding carboxylic acids is 1. The maximum Gasteiger partial charge on any atom is 0.418 e. The van der Waals surface area contributed by atoms with E-state index in [2.05, 4.69) is 5.32 Å². The number of methoxy groups -OCH3 is 1. The molecule has 4 nitrogen and oxygen atoms in total. The molecule has 1 amide bonds. The summed E-state index contributed by atoms with van der Waals surface area (Å²) in [6, 6.07) is 11.2. The second kappa shape index (κ2) is 7.04. The van der Waals surface area contributed by atoms with E-state index in [0.29, 0.717) is 11.5 Å². The van der Waals surface area contributed by atoms with Crippen LogP contribution >= 0.6 is 0 Å². The first kappa shape index (κ1) is 16.7. The summed E-state index contributed by atoms with van der Waals surface area (Å²) in [5.74, 6) is 0.350. The maximum absolute atomic E-state index is 12.8. The Balaban J connectivity index is 1.97. The molecule has 7 heteroatoms. The molecule has 0 aliphatic heterocycles. The molecule has 0 heterocycles. The standard InChI is InChI=1S/C16H14F3NO3/c1-22-11-6-8-12(9-7-11)23-10-15(21)20-14-5-3-2-4-13(14)16(17,18)19/h2-9H,10H2,1H3,(H,20,21). The van der Waals surface area contributed by atoms with Gasteiger partial charge in [-0.25, -0.2) is 0 Å². The Morgan fingerprint density at radius 2 is 1.65 bits per heavy atom. The summed E-state index contributed by atoms with van der Waals surface area (Å²) in [5, 5.41) is 2.20. The van der Waals surface area contributed by atoms with E-state index in [1.807, 2.05) is 0 Å². The first-order chi connectivity index (χ1) is 10.9. The highest BCUT2D eigenvalue weighted by Crippen LogP contribution is 2.34. The highest BCUT2D eigenvalue weighted by molar-refractivity contribution is 5.92. The number of carbonyl (C=O) groups is 1. The molecule has 0 saturated carbocycles. The number of ether oxygens (including phenoxy) is 2. The Morgan fingerprint density at radius 3 is 2.26 bits per heavy atom. The lowest BCUT2D eigenvalue weighted by atomic mass is 10.1. The molecule has 1 N–H and O–H groups in total. The number of amides is 1. The third kappa shape index (κ3) is 4.64. The fourth-order valence-corrected chi connectivity index (χ4v) is 1.85. The molecule has 23 heavy (non-hydrogen) atoms. The second-order valence-corrected chi connectivity index (χ2v) is 4.56. The lowest BCUT2D eigenvalue weighted by Gasteiger charge is -2.13. The van der Waals surface area contributed by atoms with Crippen LogP contribution in [0.3, 0.4) is 0 Å². The number of para-hydroxylation sites is 1. The number of anilines is 1. The summed E-state index contributed by atoms with van der Waals surface area (Å²) in [6.07, 6.45) is -4.54. The largest absolute Gasteiger partial charge is 0.497 e. The number of alkyl halides is 3. The predicted molar refractivity (Wildman–Crippen MR) is 78.6 cm³/mol. The Labute approximate surface area is 130 Å². The van der Waals surface area contributed by atoms with Gasteiger partial charge in [-0.05, 0) is 36.4 Å². The van der Waals surface area contributed by atoms with Crippen molar-refractivity contribution in [1.29, 1.82) is 0 Å². The summed E-state index contributed by atoms with van der Waals surface area (Å²) >= 11 is 0. The highest BCUT2D eigenvalue weighted by Gasteiger charge is 2.33. The Kier molecular flexibility index (Phi) is 5.10. The van der Waals surface area contributed by atoms with E-state index in [4.69, 9.17) is 9.47 Å². The average molecular weight is 325 g/mol. The van der Waals surface area contributed by atoms with Crippen molar-refractivity contribution in [1.82, 2.24) is 0 Å². The summed E-state index contributed by atoms with van der Waals surface area (Å²) in [7, 11) is 1.52. The maximum atomic E-state index is 12.8. The number of hydrogen-bond donors (Lipinski definition) is 1. The van der Waals surface area contributed by atoms with Crippen molar-refractivity contribution < 1.29 is 27.4 Å². The Bertz CT molecular complexity index is 669. The van der Waals surface area contributed by atoms with Crippen molar-refractivity contribution in [3.05, 3.63) is 54.1 Å². The van der Waals surface area contributed by atoms with Gasteiger partial charge >= 0.3 is 6.18 Å². The van der Waals surface area contributed by atoms with Gasteiger partial charge in [0.25, 0.3) is 5.91 Å². The topological polar surface area (TPSA) is 47.6 Å². The monoisotopic (exact) mass is 325 g/mol.